The number of unbranched alkanes of at least 4 members (excludes halogenated alkanes) is 1. The first-order chi connectivity index (χ1) is 13.1. The summed E-state index contributed by atoms with van der Waals surface area (Å²) in [5.41, 5.74) is 1.15. The Labute approximate surface area is 157 Å². The quantitative estimate of drug-likeness (QED) is 0.407. The van der Waals surface area contributed by atoms with Crippen LogP contribution in [0.2, 0.25) is 0 Å². The Morgan fingerprint density at radius 3 is 2.15 bits per heavy atom. The fourth-order valence-corrected chi connectivity index (χ4v) is 2.78. The lowest BCUT2D eigenvalue weighted by molar-refractivity contribution is 0.0420. The minimum absolute atomic E-state index is 0.0241. The Morgan fingerprint density at radius 2 is 1.56 bits per heavy atom. The van der Waals surface area contributed by atoms with Crippen molar-refractivity contribution in [3.05, 3.63) is 65.2 Å². The molecule has 2 amide bonds. The summed E-state index contributed by atoms with van der Waals surface area (Å²) in [6, 6.07) is 13.4. The van der Waals surface area contributed by atoms with Crippen LogP contribution < -0.4 is 4.74 Å². The van der Waals surface area contributed by atoms with Crippen LogP contribution in [0.3, 0.4) is 0 Å². The first-order valence-electron chi connectivity index (χ1n) is 8.97. The standard InChI is InChI=1S/C21H21NO5/c1-2-3-13-26-16-10-8-15(9-11-16)21(25)27-14-12-22-19(23)17-6-4-5-7-18(17)20(22)24/h4-11H,2-3,12-14H2,1H3. The highest BCUT2D eigenvalue weighted by molar-refractivity contribution is 6.21. The van der Waals surface area contributed by atoms with Crippen molar-refractivity contribution in [2.75, 3.05) is 19.8 Å². The molecule has 0 saturated heterocycles. The number of carbonyl (C=O) groups is 3. The molecular weight excluding hydrogens is 346 g/mol. The van der Waals surface area contributed by atoms with E-state index in [1.165, 1.54) is 0 Å². The highest BCUT2D eigenvalue weighted by Crippen LogP contribution is 2.22. The van der Waals surface area contributed by atoms with Gasteiger partial charge in [-0.1, -0.05) is 25.5 Å². The maximum absolute atomic E-state index is 12.2. The fourth-order valence-electron chi connectivity index (χ4n) is 2.78. The smallest absolute Gasteiger partial charge is 0.338 e. The summed E-state index contributed by atoms with van der Waals surface area (Å²) in [4.78, 5) is 37.7. The average Bonchev–Trinajstić information content (AvgIpc) is 2.94. The van der Waals surface area contributed by atoms with Crippen LogP contribution in [0.15, 0.2) is 48.5 Å². The van der Waals surface area contributed by atoms with Crippen LogP contribution in [0.1, 0.15) is 50.8 Å². The molecule has 0 aliphatic carbocycles. The molecule has 0 aromatic heterocycles. The molecule has 1 aliphatic rings. The first-order valence-corrected chi connectivity index (χ1v) is 8.97. The van der Waals surface area contributed by atoms with Gasteiger partial charge in [-0.2, -0.15) is 0 Å². The lowest BCUT2D eigenvalue weighted by atomic mass is 10.1. The summed E-state index contributed by atoms with van der Waals surface area (Å²) in [7, 11) is 0. The monoisotopic (exact) mass is 367 g/mol. The Hall–Kier alpha value is -3.15. The highest BCUT2D eigenvalue weighted by atomic mass is 16.5. The minimum atomic E-state index is -0.508. The average molecular weight is 367 g/mol. The Bertz CT molecular complexity index is 809. The number of hydrogen-bond acceptors (Lipinski definition) is 5. The SMILES string of the molecule is CCCCOc1ccc(C(=O)OCCN2C(=O)c3ccccc3C2=O)cc1. The van der Waals surface area contributed by atoms with E-state index in [-0.39, 0.29) is 25.0 Å². The normalized spacial score (nSPS) is 12.9. The molecular formula is C21H21NO5. The van der Waals surface area contributed by atoms with E-state index in [9.17, 15) is 14.4 Å². The predicted octanol–water partition coefficient (Wildman–Crippen LogP) is 3.32. The van der Waals surface area contributed by atoms with Crippen LogP contribution in [0.4, 0.5) is 0 Å². The summed E-state index contributed by atoms with van der Waals surface area (Å²) in [6.07, 6.45) is 2.03. The van der Waals surface area contributed by atoms with Crippen LogP contribution in [-0.4, -0.2) is 42.4 Å². The van der Waals surface area contributed by atoms with Gasteiger partial charge in [-0.15, -0.1) is 0 Å². The number of nitrogens with zero attached hydrogens (tertiary/aromatic N) is 1. The molecule has 0 bridgehead atoms. The van der Waals surface area contributed by atoms with Crippen molar-refractivity contribution < 1.29 is 23.9 Å². The number of amides is 2. The third kappa shape index (κ3) is 4.16. The third-order valence-electron chi connectivity index (χ3n) is 4.28. The first kappa shape index (κ1) is 18.6. The van der Waals surface area contributed by atoms with E-state index < -0.39 is 5.97 Å². The van der Waals surface area contributed by atoms with E-state index in [1.807, 2.05) is 0 Å². The van der Waals surface area contributed by atoms with E-state index in [0.717, 1.165) is 17.7 Å². The molecule has 0 saturated carbocycles. The molecule has 1 heterocycles. The van der Waals surface area contributed by atoms with Gasteiger partial charge in [0, 0.05) is 0 Å². The van der Waals surface area contributed by atoms with Crippen LogP contribution >= 0.6 is 0 Å². The van der Waals surface area contributed by atoms with Gasteiger partial charge >= 0.3 is 5.97 Å². The number of esters is 1. The molecule has 6 heteroatoms. The molecule has 3 rings (SSSR count). The zero-order valence-electron chi connectivity index (χ0n) is 15.1. The summed E-state index contributed by atoms with van der Waals surface area (Å²) >= 11 is 0. The van der Waals surface area contributed by atoms with E-state index in [0.29, 0.717) is 29.0 Å². The summed E-state index contributed by atoms with van der Waals surface area (Å²) in [5.74, 6) is -0.529. The summed E-state index contributed by atoms with van der Waals surface area (Å²) in [5, 5.41) is 0. The molecule has 27 heavy (non-hydrogen) atoms. The molecule has 0 atom stereocenters. The topological polar surface area (TPSA) is 72.9 Å². The number of benzene rings is 2. The van der Waals surface area contributed by atoms with Crippen molar-refractivity contribution in [3.63, 3.8) is 0 Å². The molecule has 1 aliphatic heterocycles. The Kier molecular flexibility index (Phi) is 5.86. The van der Waals surface area contributed by atoms with Gasteiger partial charge in [0.1, 0.15) is 12.4 Å². The fraction of sp³-hybridized carbons (Fsp3) is 0.286. The molecule has 0 radical (unpaired) electrons. The lowest BCUT2D eigenvalue weighted by Crippen LogP contribution is -2.33. The van der Waals surface area contributed by atoms with Crippen molar-refractivity contribution in [3.8, 4) is 5.75 Å². The van der Waals surface area contributed by atoms with Crippen LogP contribution in [0.25, 0.3) is 0 Å². The second-order valence-corrected chi connectivity index (χ2v) is 6.17. The molecule has 0 fully saturated rings. The molecule has 2 aromatic carbocycles. The minimum Gasteiger partial charge on any atom is -0.494 e. The van der Waals surface area contributed by atoms with Gasteiger partial charge in [-0.3, -0.25) is 14.5 Å². The number of carbonyl (C=O) groups excluding carboxylic acids is 3. The van der Waals surface area contributed by atoms with Gasteiger partial charge in [0.05, 0.1) is 29.8 Å². The van der Waals surface area contributed by atoms with Crippen LogP contribution in [0, 0.1) is 0 Å². The number of imide groups is 1. The van der Waals surface area contributed by atoms with E-state index in [4.69, 9.17) is 9.47 Å². The van der Waals surface area contributed by atoms with Gasteiger partial charge in [-0.05, 0) is 42.8 Å². The van der Waals surface area contributed by atoms with Crippen molar-refractivity contribution in [1.29, 1.82) is 0 Å². The predicted molar refractivity (Wildman–Crippen MR) is 98.9 cm³/mol. The zero-order chi connectivity index (χ0) is 19.2. The highest BCUT2D eigenvalue weighted by Gasteiger charge is 2.34. The third-order valence-corrected chi connectivity index (χ3v) is 4.28. The van der Waals surface area contributed by atoms with Crippen molar-refractivity contribution in [1.82, 2.24) is 4.90 Å². The van der Waals surface area contributed by atoms with Crippen LogP contribution in [0.5, 0.6) is 5.75 Å². The lowest BCUT2D eigenvalue weighted by Gasteiger charge is -2.14. The van der Waals surface area contributed by atoms with Crippen molar-refractivity contribution >= 4 is 17.8 Å². The van der Waals surface area contributed by atoms with Gasteiger partial charge < -0.3 is 9.47 Å². The molecule has 2 aromatic rings. The molecule has 140 valence electrons. The second-order valence-electron chi connectivity index (χ2n) is 6.17. The summed E-state index contributed by atoms with van der Waals surface area (Å²) in [6.45, 7) is 2.69. The van der Waals surface area contributed by atoms with Gasteiger partial charge in [0.15, 0.2) is 0 Å². The Morgan fingerprint density at radius 1 is 0.926 bits per heavy atom. The molecule has 0 spiro atoms. The number of rotatable bonds is 8. The maximum atomic E-state index is 12.2. The van der Waals surface area contributed by atoms with Crippen molar-refractivity contribution in [2.24, 2.45) is 0 Å². The van der Waals surface area contributed by atoms with Gasteiger partial charge in [-0.25, -0.2) is 4.79 Å². The number of fused-ring (bicyclic) bond motifs is 1. The van der Waals surface area contributed by atoms with Crippen LogP contribution in [-0.2, 0) is 4.74 Å². The van der Waals surface area contributed by atoms with E-state index >= 15 is 0 Å². The molecule has 6 nitrogen and oxygen atoms in total. The maximum Gasteiger partial charge on any atom is 0.338 e. The van der Waals surface area contributed by atoms with Crippen molar-refractivity contribution in [2.45, 2.75) is 19.8 Å². The van der Waals surface area contributed by atoms with Gasteiger partial charge in [0.25, 0.3) is 11.8 Å². The summed E-state index contributed by atoms with van der Waals surface area (Å²) < 4.78 is 10.7. The second kappa shape index (κ2) is 8.49. The van der Waals surface area contributed by atoms with E-state index in [2.05, 4.69) is 6.92 Å². The van der Waals surface area contributed by atoms with Gasteiger partial charge in [0.2, 0.25) is 0 Å². The largest absolute Gasteiger partial charge is 0.494 e. The van der Waals surface area contributed by atoms with E-state index in [1.54, 1.807) is 48.5 Å². The number of hydrogen-bond donors (Lipinski definition) is 0. The zero-order valence-corrected chi connectivity index (χ0v) is 15.1. The molecule has 0 N–H and O–H groups in total. The number of ether oxygens (including phenoxy) is 2. The Balaban J connectivity index is 1.50. The molecule has 0 unspecified atom stereocenters.